The maximum atomic E-state index is 10.3. The normalized spacial score (nSPS) is 45.5. The first-order valence-electron chi connectivity index (χ1n) is 13.1. The van der Waals surface area contributed by atoms with Gasteiger partial charge in [0.05, 0.1) is 6.10 Å². The van der Waals surface area contributed by atoms with Gasteiger partial charge in [0.2, 0.25) is 0 Å². The summed E-state index contributed by atoms with van der Waals surface area (Å²) in [6.45, 7) is 7.78. The molecule has 0 amide bonds. The quantitative estimate of drug-likeness (QED) is 0.494. The van der Waals surface area contributed by atoms with Gasteiger partial charge >= 0.3 is 0 Å². The molecular formula is C28H42ClNO. The van der Waals surface area contributed by atoms with Crippen LogP contribution in [0.4, 0.5) is 0 Å². The number of rotatable bonds is 4. The molecule has 4 aliphatic rings. The van der Waals surface area contributed by atoms with Gasteiger partial charge in [-0.05, 0) is 129 Å². The van der Waals surface area contributed by atoms with E-state index < -0.39 is 0 Å². The third-order valence-electron chi connectivity index (χ3n) is 11.0. The molecule has 0 aromatic carbocycles. The lowest BCUT2D eigenvalue weighted by Gasteiger charge is -2.61. The molecule has 9 atom stereocenters. The molecule has 9 unspecified atom stereocenters. The van der Waals surface area contributed by atoms with E-state index in [0.29, 0.717) is 16.0 Å². The third-order valence-corrected chi connectivity index (χ3v) is 11.2. The first-order valence-corrected chi connectivity index (χ1v) is 13.5. The fraction of sp³-hybridized carbons (Fsp3) is 0.821. The van der Waals surface area contributed by atoms with Gasteiger partial charge in [0, 0.05) is 5.69 Å². The molecule has 3 heteroatoms. The number of fused-ring (bicyclic) bond motifs is 5. The van der Waals surface area contributed by atoms with Crippen LogP contribution in [-0.4, -0.2) is 16.2 Å². The molecule has 172 valence electrons. The van der Waals surface area contributed by atoms with Crippen LogP contribution >= 0.6 is 11.6 Å². The molecule has 31 heavy (non-hydrogen) atoms. The molecule has 4 fully saturated rings. The van der Waals surface area contributed by atoms with E-state index in [-0.39, 0.29) is 6.10 Å². The van der Waals surface area contributed by atoms with Gasteiger partial charge in [-0.2, -0.15) is 0 Å². The van der Waals surface area contributed by atoms with Crippen LogP contribution in [0.1, 0.15) is 90.7 Å². The van der Waals surface area contributed by atoms with E-state index in [1.807, 2.05) is 12.1 Å². The van der Waals surface area contributed by atoms with Gasteiger partial charge < -0.3 is 5.11 Å². The standard InChI is InChI=1S/C28H42ClNO/c1-18(7-9-20-5-4-6-26(29)30-20)23-11-12-24-22-10-8-19-17-21(31)13-15-27(19,2)25(22)14-16-28(23,24)3/h4-6,18-19,21-25,31H,7-17H2,1-3H3. The summed E-state index contributed by atoms with van der Waals surface area (Å²) < 4.78 is 0. The Labute approximate surface area is 194 Å². The lowest BCUT2D eigenvalue weighted by Crippen LogP contribution is -2.54. The highest BCUT2D eigenvalue weighted by Gasteiger charge is 2.60. The Balaban J connectivity index is 1.28. The monoisotopic (exact) mass is 443 g/mol. The molecule has 2 nitrogen and oxygen atoms in total. The summed E-state index contributed by atoms with van der Waals surface area (Å²) in [5, 5.41) is 10.9. The van der Waals surface area contributed by atoms with Gasteiger partial charge in [0.15, 0.2) is 0 Å². The van der Waals surface area contributed by atoms with Crippen molar-refractivity contribution < 1.29 is 5.11 Å². The third kappa shape index (κ3) is 3.78. The number of hydrogen-bond acceptors (Lipinski definition) is 2. The average Bonchev–Trinajstić information content (AvgIpc) is 3.10. The number of aryl methyl sites for hydroxylation is 1. The summed E-state index contributed by atoms with van der Waals surface area (Å²) in [5.74, 6) is 5.14. The van der Waals surface area contributed by atoms with Gasteiger partial charge in [0.1, 0.15) is 5.15 Å². The molecule has 0 radical (unpaired) electrons. The van der Waals surface area contributed by atoms with E-state index in [0.717, 1.165) is 60.5 Å². The highest BCUT2D eigenvalue weighted by atomic mass is 35.5. The van der Waals surface area contributed by atoms with Crippen molar-refractivity contribution in [3.05, 3.63) is 29.0 Å². The van der Waals surface area contributed by atoms with Crippen molar-refractivity contribution in [2.75, 3.05) is 0 Å². The molecule has 4 saturated carbocycles. The Morgan fingerprint density at radius 1 is 1.03 bits per heavy atom. The van der Waals surface area contributed by atoms with Gasteiger partial charge in [0.25, 0.3) is 0 Å². The Hall–Kier alpha value is -0.600. The molecular weight excluding hydrogens is 402 g/mol. The second kappa shape index (κ2) is 8.32. The molecule has 0 spiro atoms. The predicted molar refractivity (Wildman–Crippen MR) is 128 cm³/mol. The van der Waals surface area contributed by atoms with Crippen LogP contribution in [-0.2, 0) is 6.42 Å². The Bertz CT molecular complexity index is 797. The smallest absolute Gasteiger partial charge is 0.129 e. The molecule has 0 bridgehead atoms. The van der Waals surface area contributed by atoms with Crippen molar-refractivity contribution >= 4 is 11.6 Å². The minimum Gasteiger partial charge on any atom is -0.393 e. The van der Waals surface area contributed by atoms with Gasteiger partial charge in [-0.1, -0.05) is 38.4 Å². The molecule has 1 heterocycles. The van der Waals surface area contributed by atoms with Crippen molar-refractivity contribution in [2.24, 2.45) is 46.3 Å². The van der Waals surface area contributed by atoms with Crippen LogP contribution in [0.15, 0.2) is 18.2 Å². The maximum absolute atomic E-state index is 10.3. The van der Waals surface area contributed by atoms with Crippen molar-refractivity contribution in [1.82, 2.24) is 4.98 Å². The van der Waals surface area contributed by atoms with Crippen molar-refractivity contribution in [1.29, 1.82) is 0 Å². The van der Waals surface area contributed by atoms with E-state index in [1.165, 1.54) is 51.4 Å². The van der Waals surface area contributed by atoms with Crippen LogP contribution in [0.5, 0.6) is 0 Å². The van der Waals surface area contributed by atoms with Crippen LogP contribution in [0.2, 0.25) is 5.15 Å². The first kappa shape index (κ1) is 22.2. The largest absolute Gasteiger partial charge is 0.393 e. The minimum absolute atomic E-state index is 0.0332. The number of aromatic nitrogens is 1. The van der Waals surface area contributed by atoms with E-state index in [2.05, 4.69) is 31.8 Å². The molecule has 1 N–H and O–H groups in total. The molecule has 0 aliphatic heterocycles. The molecule has 1 aromatic rings. The van der Waals surface area contributed by atoms with Gasteiger partial charge in [-0.25, -0.2) is 4.98 Å². The second-order valence-electron chi connectivity index (χ2n) is 12.3. The molecule has 1 aromatic heterocycles. The summed E-state index contributed by atoms with van der Waals surface area (Å²) in [6.07, 6.45) is 14.1. The molecule has 4 aliphatic carbocycles. The highest BCUT2D eigenvalue weighted by molar-refractivity contribution is 6.29. The number of halogens is 1. The molecule has 0 saturated heterocycles. The van der Waals surface area contributed by atoms with Crippen LogP contribution in [0, 0.1) is 46.3 Å². The zero-order chi connectivity index (χ0) is 21.8. The zero-order valence-corrected chi connectivity index (χ0v) is 20.6. The van der Waals surface area contributed by atoms with Gasteiger partial charge in [-0.3, -0.25) is 0 Å². The summed E-state index contributed by atoms with van der Waals surface area (Å²) in [6, 6.07) is 6.03. The first-order chi connectivity index (χ1) is 14.8. The molecule has 5 rings (SSSR count). The zero-order valence-electron chi connectivity index (χ0n) is 19.8. The minimum atomic E-state index is -0.0332. The Morgan fingerprint density at radius 2 is 1.81 bits per heavy atom. The SMILES string of the molecule is CC(CCc1cccc(Cl)n1)C1CCC2C3CCC4CC(O)CCC4(C)C3CCC12C. The van der Waals surface area contributed by atoms with E-state index in [9.17, 15) is 5.11 Å². The van der Waals surface area contributed by atoms with Crippen molar-refractivity contribution in [2.45, 2.75) is 97.5 Å². The Kier molecular flexibility index (Phi) is 5.96. The van der Waals surface area contributed by atoms with Crippen molar-refractivity contribution in [3.8, 4) is 0 Å². The summed E-state index contributed by atoms with van der Waals surface area (Å²) >= 11 is 6.11. The maximum Gasteiger partial charge on any atom is 0.129 e. The number of aliphatic hydroxyl groups excluding tert-OH is 1. The van der Waals surface area contributed by atoms with Crippen LogP contribution < -0.4 is 0 Å². The number of pyridine rings is 1. The predicted octanol–water partition coefficient (Wildman–Crippen LogP) is 7.32. The van der Waals surface area contributed by atoms with E-state index in [1.54, 1.807) is 0 Å². The average molecular weight is 444 g/mol. The van der Waals surface area contributed by atoms with E-state index >= 15 is 0 Å². The number of hydrogen-bond donors (Lipinski definition) is 1. The summed E-state index contributed by atoms with van der Waals surface area (Å²) in [5.41, 5.74) is 2.17. The van der Waals surface area contributed by atoms with Crippen LogP contribution in [0.25, 0.3) is 0 Å². The summed E-state index contributed by atoms with van der Waals surface area (Å²) in [4.78, 5) is 4.52. The topological polar surface area (TPSA) is 33.1 Å². The highest BCUT2D eigenvalue weighted by Crippen LogP contribution is 2.68. The van der Waals surface area contributed by atoms with Crippen LogP contribution in [0.3, 0.4) is 0 Å². The fourth-order valence-corrected chi connectivity index (χ4v) is 9.56. The summed E-state index contributed by atoms with van der Waals surface area (Å²) in [7, 11) is 0. The number of aliphatic hydroxyl groups is 1. The van der Waals surface area contributed by atoms with E-state index in [4.69, 9.17) is 11.6 Å². The van der Waals surface area contributed by atoms with Crippen molar-refractivity contribution in [3.63, 3.8) is 0 Å². The fourth-order valence-electron chi connectivity index (χ4n) is 9.38. The van der Waals surface area contributed by atoms with Gasteiger partial charge in [-0.15, -0.1) is 0 Å². The Morgan fingerprint density at radius 3 is 2.61 bits per heavy atom. The lowest BCUT2D eigenvalue weighted by atomic mass is 9.44. The second-order valence-corrected chi connectivity index (χ2v) is 12.7. The lowest BCUT2D eigenvalue weighted by molar-refractivity contribution is -0.129. The number of nitrogens with zero attached hydrogens (tertiary/aromatic N) is 1.